The van der Waals surface area contributed by atoms with Gasteiger partial charge in [-0.2, -0.15) is 9.78 Å². The zero-order valence-corrected chi connectivity index (χ0v) is 14.2. The van der Waals surface area contributed by atoms with Crippen LogP contribution in [0.3, 0.4) is 0 Å². The Morgan fingerprint density at radius 3 is 2.73 bits per heavy atom. The standard InChI is InChI=1S/C14H25N5O2S/c1-11(2)9-18-13(4-3-12(15)20)16-19(14(18)22)10-17-5-7-21-8-6-17/h11H,3-10H2,1-2H3,(H2,15,20)/p+1. The highest BCUT2D eigenvalue weighted by Gasteiger charge is 2.18. The maximum atomic E-state index is 11.0. The summed E-state index contributed by atoms with van der Waals surface area (Å²) in [6, 6.07) is 0. The molecule has 1 amide bonds. The van der Waals surface area contributed by atoms with Crippen LogP contribution in [-0.2, 0) is 29.2 Å². The zero-order chi connectivity index (χ0) is 16.1. The number of primary amides is 1. The molecular formula is C14H26N5O2S+. The Morgan fingerprint density at radius 2 is 2.14 bits per heavy atom. The van der Waals surface area contributed by atoms with Crippen molar-refractivity contribution in [3.63, 3.8) is 0 Å². The number of nitrogens with two attached hydrogens (primary N) is 1. The lowest BCUT2D eigenvalue weighted by Gasteiger charge is -2.23. The van der Waals surface area contributed by atoms with Crippen LogP contribution in [0.2, 0.25) is 0 Å². The Balaban J connectivity index is 2.18. The van der Waals surface area contributed by atoms with Gasteiger partial charge in [-0.25, -0.2) is 0 Å². The molecule has 3 N–H and O–H groups in total. The molecule has 2 rings (SSSR count). The third-order valence-electron chi connectivity index (χ3n) is 3.72. The number of rotatable bonds is 7. The van der Waals surface area contributed by atoms with E-state index in [4.69, 9.17) is 22.7 Å². The summed E-state index contributed by atoms with van der Waals surface area (Å²) in [4.78, 5) is 12.5. The minimum atomic E-state index is -0.310. The second kappa shape index (κ2) is 7.85. The van der Waals surface area contributed by atoms with Gasteiger partial charge in [-0.3, -0.25) is 4.79 Å². The van der Waals surface area contributed by atoms with Gasteiger partial charge in [0.05, 0.1) is 13.2 Å². The SMILES string of the molecule is CC(C)Cn1c(CCC(N)=O)nn(C[NH+]2CCOCC2)c1=S. The number of amides is 1. The first-order valence-corrected chi connectivity index (χ1v) is 8.24. The van der Waals surface area contributed by atoms with Gasteiger partial charge in [0.2, 0.25) is 10.7 Å². The first kappa shape index (κ1) is 17.1. The summed E-state index contributed by atoms with van der Waals surface area (Å²) >= 11 is 5.58. The number of aromatic nitrogens is 3. The van der Waals surface area contributed by atoms with Crippen LogP contribution < -0.4 is 10.6 Å². The van der Waals surface area contributed by atoms with Gasteiger partial charge < -0.3 is 19.9 Å². The summed E-state index contributed by atoms with van der Waals surface area (Å²) in [5, 5.41) is 4.63. The monoisotopic (exact) mass is 328 g/mol. The number of nitrogens with zero attached hydrogens (tertiary/aromatic N) is 3. The Kier molecular flexibility index (Phi) is 6.10. The lowest BCUT2D eigenvalue weighted by Crippen LogP contribution is -3.13. The minimum Gasteiger partial charge on any atom is -0.370 e. The molecule has 22 heavy (non-hydrogen) atoms. The molecule has 1 fully saturated rings. The topological polar surface area (TPSA) is 79.5 Å². The zero-order valence-electron chi connectivity index (χ0n) is 13.4. The van der Waals surface area contributed by atoms with E-state index in [1.807, 2.05) is 9.25 Å². The van der Waals surface area contributed by atoms with E-state index in [1.165, 1.54) is 4.90 Å². The fourth-order valence-electron chi connectivity index (χ4n) is 2.59. The molecule has 0 spiro atoms. The van der Waals surface area contributed by atoms with E-state index in [9.17, 15) is 4.79 Å². The number of nitrogens with one attached hydrogen (secondary N) is 1. The van der Waals surface area contributed by atoms with Gasteiger partial charge in [0.25, 0.3) is 0 Å². The maximum absolute atomic E-state index is 11.0. The Bertz CT molecular complexity index is 560. The van der Waals surface area contributed by atoms with Gasteiger partial charge in [0.15, 0.2) is 6.67 Å². The van der Waals surface area contributed by atoms with Crippen molar-refractivity contribution >= 4 is 18.1 Å². The number of carbonyl (C=O) groups excluding carboxylic acids is 1. The summed E-state index contributed by atoms with van der Waals surface area (Å²) in [5.74, 6) is 1.01. The van der Waals surface area contributed by atoms with Gasteiger partial charge in [0.1, 0.15) is 18.9 Å². The highest BCUT2D eigenvalue weighted by Crippen LogP contribution is 2.08. The molecule has 1 aromatic rings. The highest BCUT2D eigenvalue weighted by molar-refractivity contribution is 7.71. The van der Waals surface area contributed by atoms with Crippen LogP contribution in [-0.4, -0.2) is 46.6 Å². The summed E-state index contributed by atoms with van der Waals surface area (Å²) in [5.41, 5.74) is 5.26. The molecule has 1 aromatic heterocycles. The third-order valence-corrected chi connectivity index (χ3v) is 4.15. The number of aryl methyl sites for hydroxylation is 1. The summed E-state index contributed by atoms with van der Waals surface area (Å²) in [6.45, 7) is 9.34. The average molecular weight is 328 g/mol. The predicted octanol–water partition coefficient (Wildman–Crippen LogP) is -0.639. The maximum Gasteiger partial charge on any atom is 0.217 e. The Morgan fingerprint density at radius 1 is 1.45 bits per heavy atom. The fourth-order valence-corrected chi connectivity index (χ4v) is 2.87. The van der Waals surface area contributed by atoms with E-state index in [0.29, 0.717) is 18.8 Å². The fraction of sp³-hybridized carbons (Fsp3) is 0.786. The molecule has 0 radical (unpaired) electrons. The van der Waals surface area contributed by atoms with Crippen molar-refractivity contribution in [1.82, 2.24) is 14.3 Å². The second-order valence-corrected chi connectivity index (χ2v) is 6.55. The molecule has 1 saturated heterocycles. The van der Waals surface area contributed by atoms with Crippen molar-refractivity contribution < 1.29 is 14.4 Å². The number of quaternary nitrogens is 1. The van der Waals surface area contributed by atoms with Crippen LogP contribution in [0.15, 0.2) is 0 Å². The molecule has 1 aliphatic heterocycles. The number of ether oxygens (including phenoxy) is 1. The van der Waals surface area contributed by atoms with Crippen molar-refractivity contribution in [2.75, 3.05) is 26.3 Å². The second-order valence-electron chi connectivity index (χ2n) is 6.19. The van der Waals surface area contributed by atoms with E-state index >= 15 is 0 Å². The van der Waals surface area contributed by atoms with Crippen LogP contribution >= 0.6 is 12.2 Å². The van der Waals surface area contributed by atoms with Crippen molar-refractivity contribution in [2.24, 2.45) is 11.7 Å². The molecule has 8 heteroatoms. The van der Waals surface area contributed by atoms with Crippen LogP contribution in [0, 0.1) is 10.7 Å². The molecule has 0 aliphatic carbocycles. The first-order chi connectivity index (χ1) is 10.5. The van der Waals surface area contributed by atoms with E-state index in [2.05, 4.69) is 18.9 Å². The molecular weight excluding hydrogens is 302 g/mol. The predicted molar refractivity (Wildman–Crippen MR) is 84.9 cm³/mol. The summed E-state index contributed by atoms with van der Waals surface area (Å²) in [6.07, 6.45) is 0.839. The molecule has 0 unspecified atom stereocenters. The minimum absolute atomic E-state index is 0.300. The number of carbonyl (C=O) groups is 1. The normalized spacial score (nSPS) is 16.3. The van der Waals surface area contributed by atoms with E-state index in [1.54, 1.807) is 0 Å². The first-order valence-electron chi connectivity index (χ1n) is 7.83. The Labute approximate surface area is 136 Å². The van der Waals surface area contributed by atoms with Gasteiger partial charge in [-0.15, -0.1) is 0 Å². The van der Waals surface area contributed by atoms with Crippen molar-refractivity contribution in [2.45, 2.75) is 39.9 Å². The molecule has 1 aliphatic rings. The lowest BCUT2D eigenvalue weighted by molar-refractivity contribution is -0.931. The average Bonchev–Trinajstić information content (AvgIpc) is 2.74. The molecule has 124 valence electrons. The Hall–Kier alpha value is -1.25. The number of hydrogen-bond acceptors (Lipinski definition) is 4. The van der Waals surface area contributed by atoms with E-state index < -0.39 is 0 Å². The molecule has 2 heterocycles. The number of hydrogen-bond donors (Lipinski definition) is 2. The molecule has 7 nitrogen and oxygen atoms in total. The molecule has 0 atom stereocenters. The van der Waals surface area contributed by atoms with Crippen molar-refractivity contribution in [3.05, 3.63) is 10.6 Å². The van der Waals surface area contributed by atoms with Crippen LogP contribution in [0.5, 0.6) is 0 Å². The largest absolute Gasteiger partial charge is 0.370 e. The van der Waals surface area contributed by atoms with Crippen molar-refractivity contribution in [1.29, 1.82) is 0 Å². The smallest absolute Gasteiger partial charge is 0.217 e. The van der Waals surface area contributed by atoms with Gasteiger partial charge >= 0.3 is 0 Å². The van der Waals surface area contributed by atoms with E-state index in [-0.39, 0.29) is 5.91 Å². The number of morpholine rings is 1. The third kappa shape index (κ3) is 4.62. The quantitative estimate of drug-likeness (QED) is 0.653. The van der Waals surface area contributed by atoms with Crippen LogP contribution in [0.25, 0.3) is 0 Å². The van der Waals surface area contributed by atoms with Gasteiger partial charge in [0, 0.05) is 19.4 Å². The summed E-state index contributed by atoms with van der Waals surface area (Å²) < 4.78 is 10.0. The van der Waals surface area contributed by atoms with Gasteiger partial charge in [-0.1, -0.05) is 13.8 Å². The van der Waals surface area contributed by atoms with E-state index in [0.717, 1.165) is 50.1 Å². The van der Waals surface area contributed by atoms with Gasteiger partial charge in [-0.05, 0) is 18.1 Å². The summed E-state index contributed by atoms with van der Waals surface area (Å²) in [7, 11) is 0. The molecule has 0 saturated carbocycles. The van der Waals surface area contributed by atoms with Crippen LogP contribution in [0.1, 0.15) is 26.1 Å². The van der Waals surface area contributed by atoms with Crippen molar-refractivity contribution in [3.8, 4) is 0 Å². The lowest BCUT2D eigenvalue weighted by atomic mass is 10.2. The van der Waals surface area contributed by atoms with Crippen LogP contribution in [0.4, 0.5) is 0 Å². The molecule has 0 bridgehead atoms. The highest BCUT2D eigenvalue weighted by atomic mass is 32.1. The molecule has 0 aromatic carbocycles.